The van der Waals surface area contributed by atoms with Gasteiger partial charge in [-0.25, -0.2) is 9.78 Å². The second-order valence-corrected chi connectivity index (χ2v) is 9.81. The lowest BCUT2D eigenvalue weighted by molar-refractivity contribution is 0.204. The number of anilines is 1. The number of urea groups is 1. The van der Waals surface area contributed by atoms with E-state index in [1.165, 1.54) is 4.90 Å². The average Bonchev–Trinajstić information content (AvgIpc) is 3.39. The lowest BCUT2D eigenvalue weighted by Gasteiger charge is -2.25. The first-order valence-electron chi connectivity index (χ1n) is 11.3. The minimum atomic E-state index is -0.0392. The first-order chi connectivity index (χ1) is 15.0. The molecule has 0 bridgehead atoms. The van der Waals surface area contributed by atoms with Gasteiger partial charge in [0.05, 0.1) is 17.1 Å². The molecular formula is C25H32N4OS. The molecule has 1 aromatic heterocycles. The van der Waals surface area contributed by atoms with Crippen LogP contribution in [0.15, 0.2) is 47.4 Å². The third-order valence-corrected chi connectivity index (χ3v) is 7.43. The van der Waals surface area contributed by atoms with Crippen molar-refractivity contribution in [3.05, 3.63) is 53.9 Å². The fraction of sp³-hybridized carbons (Fsp3) is 0.440. The summed E-state index contributed by atoms with van der Waals surface area (Å²) in [5.41, 5.74) is 4.11. The first kappa shape index (κ1) is 21.8. The van der Waals surface area contributed by atoms with Crippen LogP contribution in [-0.4, -0.2) is 32.3 Å². The number of nitrogens with one attached hydrogen (secondary N) is 1. The number of likely N-dealkylation sites (tertiary alicyclic amines) is 1. The molecule has 3 aromatic rings. The van der Waals surface area contributed by atoms with Crippen LogP contribution < -0.4 is 5.32 Å². The number of para-hydroxylation sites is 2. The van der Waals surface area contributed by atoms with E-state index in [4.69, 9.17) is 4.98 Å². The topological polar surface area (TPSA) is 50.2 Å². The molecule has 5 nitrogen and oxygen atoms in total. The minimum absolute atomic E-state index is 0.00730. The Labute approximate surface area is 189 Å². The number of carbonyl (C=O) groups excluding carboxylic acids is 1. The zero-order chi connectivity index (χ0) is 22.0. The van der Waals surface area contributed by atoms with E-state index in [9.17, 15) is 4.79 Å². The summed E-state index contributed by atoms with van der Waals surface area (Å²) in [6.45, 7) is 10.2. The van der Waals surface area contributed by atoms with E-state index >= 15 is 0 Å². The maximum absolute atomic E-state index is 13.2. The van der Waals surface area contributed by atoms with E-state index in [1.807, 2.05) is 40.9 Å². The van der Waals surface area contributed by atoms with E-state index < -0.39 is 0 Å². The zero-order valence-electron chi connectivity index (χ0n) is 18.9. The predicted molar refractivity (Wildman–Crippen MR) is 130 cm³/mol. The number of fused-ring (bicyclic) bond motifs is 1. The Morgan fingerprint density at radius 1 is 1.26 bits per heavy atom. The van der Waals surface area contributed by atoms with Crippen molar-refractivity contribution in [2.45, 2.75) is 69.7 Å². The Balaban J connectivity index is 1.54. The highest BCUT2D eigenvalue weighted by Gasteiger charge is 2.33. The number of aromatic nitrogens is 2. The number of rotatable bonds is 6. The Morgan fingerprint density at radius 3 is 2.81 bits per heavy atom. The molecule has 0 spiro atoms. The SMILES string of the molecule is CCC(C)Sc1ccc(NC(=O)N2CCCC2c2nc3ccccc3n2CC)c(C)c1. The largest absolute Gasteiger partial charge is 0.327 e. The molecule has 31 heavy (non-hydrogen) atoms. The molecule has 1 aliphatic rings. The number of thioether (sulfide) groups is 1. The van der Waals surface area contributed by atoms with Crippen LogP contribution in [0.1, 0.15) is 57.5 Å². The van der Waals surface area contributed by atoms with Gasteiger partial charge in [-0.2, -0.15) is 0 Å². The van der Waals surface area contributed by atoms with Crippen LogP contribution in [0.2, 0.25) is 0 Å². The van der Waals surface area contributed by atoms with Gasteiger partial charge >= 0.3 is 6.03 Å². The number of hydrogen-bond donors (Lipinski definition) is 1. The fourth-order valence-corrected chi connectivity index (χ4v) is 5.33. The lowest BCUT2D eigenvalue weighted by atomic mass is 10.2. The molecule has 2 aromatic carbocycles. The van der Waals surface area contributed by atoms with Crippen molar-refractivity contribution in [2.24, 2.45) is 0 Å². The van der Waals surface area contributed by atoms with Gasteiger partial charge in [-0.15, -0.1) is 11.8 Å². The number of benzene rings is 2. The second kappa shape index (κ2) is 9.35. The number of hydrogen-bond acceptors (Lipinski definition) is 3. The van der Waals surface area contributed by atoms with Crippen LogP contribution in [0.3, 0.4) is 0 Å². The summed E-state index contributed by atoms with van der Waals surface area (Å²) in [5, 5.41) is 3.74. The van der Waals surface area contributed by atoms with Gasteiger partial charge in [0.15, 0.2) is 0 Å². The van der Waals surface area contributed by atoms with Gasteiger partial charge in [0, 0.05) is 28.9 Å². The van der Waals surface area contributed by atoms with E-state index in [1.54, 1.807) is 0 Å². The average molecular weight is 437 g/mol. The normalized spacial score (nSPS) is 17.3. The lowest BCUT2D eigenvalue weighted by Crippen LogP contribution is -2.35. The van der Waals surface area contributed by atoms with Crippen LogP contribution in [0.4, 0.5) is 10.5 Å². The van der Waals surface area contributed by atoms with Gasteiger partial charge in [0.1, 0.15) is 5.82 Å². The summed E-state index contributed by atoms with van der Waals surface area (Å²) < 4.78 is 2.25. The summed E-state index contributed by atoms with van der Waals surface area (Å²) >= 11 is 1.88. The molecule has 0 radical (unpaired) electrons. The van der Waals surface area contributed by atoms with Crippen LogP contribution in [0, 0.1) is 6.92 Å². The number of amides is 2. The Kier molecular flexibility index (Phi) is 6.56. The summed E-state index contributed by atoms with van der Waals surface area (Å²) in [6.07, 6.45) is 3.08. The molecule has 2 atom stereocenters. The van der Waals surface area contributed by atoms with Crippen LogP contribution in [-0.2, 0) is 6.54 Å². The minimum Gasteiger partial charge on any atom is -0.327 e. The third-order valence-electron chi connectivity index (χ3n) is 6.16. The van der Waals surface area contributed by atoms with E-state index in [2.05, 4.69) is 55.8 Å². The molecule has 1 aliphatic heterocycles. The van der Waals surface area contributed by atoms with E-state index in [-0.39, 0.29) is 12.1 Å². The summed E-state index contributed by atoms with van der Waals surface area (Å²) in [4.78, 5) is 21.4. The summed E-state index contributed by atoms with van der Waals surface area (Å²) in [6, 6.07) is 14.5. The number of nitrogens with zero attached hydrogens (tertiary/aromatic N) is 3. The molecule has 164 valence electrons. The maximum Gasteiger partial charge on any atom is 0.322 e. The first-order valence-corrected chi connectivity index (χ1v) is 12.2. The van der Waals surface area contributed by atoms with Crippen molar-refractivity contribution in [1.82, 2.24) is 14.5 Å². The van der Waals surface area contributed by atoms with Crippen molar-refractivity contribution in [3.63, 3.8) is 0 Å². The fourth-order valence-electron chi connectivity index (χ4n) is 4.31. The predicted octanol–water partition coefficient (Wildman–Crippen LogP) is 6.62. The third kappa shape index (κ3) is 4.45. The highest BCUT2D eigenvalue weighted by molar-refractivity contribution is 7.99. The Morgan fingerprint density at radius 2 is 2.06 bits per heavy atom. The smallest absolute Gasteiger partial charge is 0.322 e. The molecular weight excluding hydrogens is 404 g/mol. The van der Waals surface area contributed by atoms with Crippen molar-refractivity contribution in [2.75, 3.05) is 11.9 Å². The van der Waals surface area contributed by atoms with E-state index in [0.717, 1.165) is 60.5 Å². The number of imidazole rings is 1. The van der Waals surface area contributed by atoms with Gasteiger partial charge in [-0.1, -0.05) is 26.0 Å². The quantitative estimate of drug-likeness (QED) is 0.442. The molecule has 0 saturated carbocycles. The molecule has 1 saturated heterocycles. The molecule has 0 aliphatic carbocycles. The van der Waals surface area contributed by atoms with Crippen LogP contribution in [0.5, 0.6) is 0 Å². The molecule has 1 fully saturated rings. The highest BCUT2D eigenvalue weighted by Crippen LogP contribution is 2.34. The molecule has 6 heteroatoms. The second-order valence-electron chi connectivity index (χ2n) is 8.30. The van der Waals surface area contributed by atoms with Crippen molar-refractivity contribution < 1.29 is 4.79 Å². The monoisotopic (exact) mass is 436 g/mol. The van der Waals surface area contributed by atoms with Gasteiger partial charge in [0.2, 0.25) is 0 Å². The van der Waals surface area contributed by atoms with Crippen molar-refractivity contribution >= 4 is 34.5 Å². The van der Waals surface area contributed by atoms with E-state index in [0.29, 0.717) is 5.25 Å². The molecule has 2 amide bonds. The van der Waals surface area contributed by atoms with Gasteiger partial charge in [0.25, 0.3) is 0 Å². The zero-order valence-corrected chi connectivity index (χ0v) is 19.7. The molecule has 1 N–H and O–H groups in total. The number of aryl methyl sites for hydroxylation is 2. The highest BCUT2D eigenvalue weighted by atomic mass is 32.2. The Bertz CT molecular complexity index is 1080. The van der Waals surface area contributed by atoms with Gasteiger partial charge < -0.3 is 14.8 Å². The van der Waals surface area contributed by atoms with Gasteiger partial charge in [-0.05, 0) is 69.0 Å². The number of carbonyl (C=O) groups is 1. The molecule has 2 heterocycles. The van der Waals surface area contributed by atoms with Crippen molar-refractivity contribution in [1.29, 1.82) is 0 Å². The van der Waals surface area contributed by atoms with Crippen molar-refractivity contribution in [3.8, 4) is 0 Å². The van der Waals surface area contributed by atoms with Crippen LogP contribution >= 0.6 is 11.8 Å². The Hall–Kier alpha value is -2.47. The molecule has 4 rings (SSSR count). The molecule has 2 unspecified atom stereocenters. The summed E-state index contributed by atoms with van der Waals surface area (Å²) in [7, 11) is 0. The summed E-state index contributed by atoms with van der Waals surface area (Å²) in [5.74, 6) is 0.994. The maximum atomic E-state index is 13.2. The van der Waals surface area contributed by atoms with Crippen LogP contribution in [0.25, 0.3) is 11.0 Å². The standard InChI is InChI=1S/C25H32N4OS/c1-5-18(4)31-19-13-14-20(17(3)16-19)27-25(30)29-15-9-12-23(29)24-26-21-10-7-8-11-22(21)28(24)6-2/h7-8,10-11,13-14,16,18,23H,5-6,9,12,15H2,1-4H3,(H,27,30). The van der Waals surface area contributed by atoms with Gasteiger partial charge in [-0.3, -0.25) is 0 Å².